The molecule has 1 aliphatic rings. The Morgan fingerprint density at radius 3 is 1.45 bits per heavy atom. The summed E-state index contributed by atoms with van der Waals surface area (Å²) in [6.45, 7) is 0. The van der Waals surface area contributed by atoms with Gasteiger partial charge in [0.05, 0.1) is 16.3 Å². The molecule has 1 N–H and O–H groups in total. The van der Waals surface area contributed by atoms with Gasteiger partial charge in [-0.2, -0.15) is 48.3 Å². The lowest BCUT2D eigenvalue weighted by molar-refractivity contribution is -0.341. The third-order valence-electron chi connectivity index (χ3n) is 5.70. The number of hydrogen-bond donors (Lipinski definition) is 1. The molecule has 0 unspecified atom stereocenters. The molecule has 0 heterocycles. The Labute approximate surface area is 195 Å². The number of carbonyl (C=O) groups excluding carboxylic acids is 1. The van der Waals surface area contributed by atoms with Crippen molar-refractivity contribution >= 4 is 22.3 Å². The molecule has 2 aromatic rings. The number of aliphatic hydroxyl groups is 1. The molecule has 0 aliphatic heterocycles. The van der Waals surface area contributed by atoms with Crippen LogP contribution in [0.4, 0.5) is 74.6 Å². The van der Waals surface area contributed by atoms with Crippen molar-refractivity contribution in [2.45, 2.75) is 29.9 Å². The van der Waals surface area contributed by atoms with Crippen LogP contribution in [-0.2, 0) is 4.79 Å². The summed E-state index contributed by atoms with van der Waals surface area (Å²) in [4.78, 5) is 12.0. The van der Waals surface area contributed by atoms with Crippen molar-refractivity contribution in [3.05, 3.63) is 52.6 Å². The van der Waals surface area contributed by atoms with E-state index in [2.05, 4.69) is 0 Å². The zero-order chi connectivity index (χ0) is 29.8. The Morgan fingerprint density at radius 1 is 0.658 bits per heavy atom. The molecule has 1 aliphatic carbocycles. The Kier molecular flexibility index (Phi) is 6.07. The van der Waals surface area contributed by atoms with Gasteiger partial charge in [0.25, 0.3) is 5.41 Å². The number of fused-ring (bicyclic) bond motifs is 1. The van der Waals surface area contributed by atoms with Crippen molar-refractivity contribution in [3.8, 4) is 0 Å². The molecule has 2 nitrogen and oxygen atoms in total. The third kappa shape index (κ3) is 3.00. The second kappa shape index (κ2) is 7.87. The van der Waals surface area contributed by atoms with Crippen LogP contribution in [-0.4, -0.2) is 40.8 Å². The number of ketones is 1. The van der Waals surface area contributed by atoms with Crippen LogP contribution in [0, 0.1) is 40.3 Å². The van der Waals surface area contributed by atoms with Gasteiger partial charge in [-0.3, -0.25) is 4.79 Å². The molecule has 0 atom stereocenters. The van der Waals surface area contributed by atoms with E-state index in [-0.39, 0.29) is 0 Å². The highest BCUT2D eigenvalue weighted by Crippen LogP contribution is 2.75. The molecule has 0 radical (unpaired) electrons. The van der Waals surface area contributed by atoms with Gasteiger partial charge in [-0.25, -0.2) is 26.3 Å². The number of aliphatic hydroxyl groups excluding tert-OH is 1. The molecule has 38 heavy (non-hydrogen) atoms. The summed E-state index contributed by atoms with van der Waals surface area (Å²) in [5.41, 5.74) is -9.56. The molecule has 0 amide bonds. The summed E-state index contributed by atoms with van der Waals surface area (Å²) < 4.78 is 234. The van der Waals surface area contributed by atoms with Crippen LogP contribution in [0.3, 0.4) is 0 Å². The second-order valence-electron chi connectivity index (χ2n) is 7.67. The van der Waals surface area contributed by atoms with Crippen molar-refractivity contribution in [2.24, 2.45) is 5.41 Å². The van der Waals surface area contributed by atoms with Crippen molar-refractivity contribution in [1.29, 1.82) is 0 Å². The largest absolute Gasteiger partial charge is 0.507 e. The lowest BCUT2D eigenvalue weighted by Crippen LogP contribution is -2.64. The van der Waals surface area contributed by atoms with Gasteiger partial charge >= 0.3 is 29.9 Å². The van der Waals surface area contributed by atoms with E-state index in [0.29, 0.717) is 0 Å². The topological polar surface area (TPSA) is 37.3 Å². The normalized spacial score (nSPS) is 21.7. The van der Waals surface area contributed by atoms with Gasteiger partial charge in [-0.1, -0.05) is 0 Å². The predicted octanol–water partition coefficient (Wildman–Crippen LogP) is 7.25. The zero-order valence-corrected chi connectivity index (χ0v) is 16.9. The molecule has 1 saturated carbocycles. The minimum absolute atomic E-state index is 0.620. The summed E-state index contributed by atoms with van der Waals surface area (Å²) >= 11 is 0. The molecular formula is C19H3F17O2. The maximum Gasteiger partial charge on any atom is 0.414 e. The summed E-state index contributed by atoms with van der Waals surface area (Å²) in [6.07, 6.45) is -9.23. The number of benzene rings is 2. The van der Waals surface area contributed by atoms with Gasteiger partial charge in [-0.05, 0) is 6.07 Å². The van der Waals surface area contributed by atoms with E-state index in [4.69, 9.17) is 0 Å². The SMILES string of the molecule is O=C(/C=C(\O)c1cc(F)c2c(F)c(F)c(F)c(F)c2c1F)C1(C(F)(F)F)C(F)(F)C(F)(F)C(F)(F)C1(F)F. The number of halogens is 17. The van der Waals surface area contributed by atoms with E-state index in [1.54, 1.807) is 0 Å². The van der Waals surface area contributed by atoms with E-state index in [1.807, 2.05) is 0 Å². The maximum absolute atomic E-state index is 14.6. The summed E-state index contributed by atoms with van der Waals surface area (Å²) in [5, 5.41) is 5.38. The summed E-state index contributed by atoms with van der Waals surface area (Å²) in [5.74, 6) is -53.3. The highest BCUT2D eigenvalue weighted by molar-refractivity contribution is 6.03. The smallest absolute Gasteiger partial charge is 0.414 e. The molecule has 0 bridgehead atoms. The van der Waals surface area contributed by atoms with Gasteiger partial charge < -0.3 is 5.11 Å². The fraction of sp³-hybridized carbons (Fsp3) is 0.316. The first-order valence-corrected chi connectivity index (χ1v) is 9.05. The van der Waals surface area contributed by atoms with Crippen molar-refractivity contribution < 1.29 is 84.5 Å². The van der Waals surface area contributed by atoms with Gasteiger partial charge in [0.15, 0.2) is 29.1 Å². The molecule has 1 fully saturated rings. The maximum atomic E-state index is 14.6. The van der Waals surface area contributed by atoms with Crippen LogP contribution in [0.25, 0.3) is 16.5 Å². The quantitative estimate of drug-likeness (QED) is 0.135. The highest BCUT2D eigenvalue weighted by Gasteiger charge is 3.06. The highest BCUT2D eigenvalue weighted by atomic mass is 19.4. The first-order valence-electron chi connectivity index (χ1n) is 9.05. The van der Waals surface area contributed by atoms with Crippen LogP contribution >= 0.6 is 0 Å². The Balaban J connectivity index is 2.39. The first-order chi connectivity index (χ1) is 16.9. The number of alkyl halides is 11. The standard InChI is InChI=1S/C19H3F17O2/c20-4-1-3(9(21)8-7(4)10(22)12(24)13(25)11(8)23)5(37)2-6(38)14(19(34,35)36)15(26,27)17(30,31)18(32,33)16(14,28)29/h1-2,37H/b5-2-. The van der Waals surface area contributed by atoms with Gasteiger partial charge in [0, 0.05) is 6.08 Å². The molecular weight excluding hydrogens is 583 g/mol. The number of allylic oxidation sites excluding steroid dienone is 1. The molecule has 0 saturated heterocycles. The van der Waals surface area contributed by atoms with Crippen molar-refractivity contribution in [1.82, 2.24) is 0 Å². The van der Waals surface area contributed by atoms with E-state index in [9.17, 15) is 84.5 Å². The van der Waals surface area contributed by atoms with Crippen LogP contribution in [0.1, 0.15) is 5.56 Å². The van der Waals surface area contributed by atoms with Crippen LogP contribution in [0.2, 0.25) is 0 Å². The van der Waals surface area contributed by atoms with Crippen LogP contribution in [0.5, 0.6) is 0 Å². The predicted molar refractivity (Wildman–Crippen MR) is 87.6 cm³/mol. The minimum Gasteiger partial charge on any atom is -0.507 e. The summed E-state index contributed by atoms with van der Waals surface area (Å²) in [7, 11) is 0. The van der Waals surface area contributed by atoms with Crippen LogP contribution in [0.15, 0.2) is 12.1 Å². The number of carbonyl (C=O) groups is 1. The molecule has 0 aromatic heterocycles. The van der Waals surface area contributed by atoms with E-state index in [0.717, 1.165) is 0 Å². The number of rotatable bonds is 3. The van der Waals surface area contributed by atoms with Crippen LogP contribution < -0.4 is 0 Å². The van der Waals surface area contributed by atoms with E-state index >= 15 is 0 Å². The molecule has 3 rings (SSSR count). The lowest BCUT2D eigenvalue weighted by Gasteiger charge is -2.37. The lowest BCUT2D eigenvalue weighted by atomic mass is 9.74. The Bertz CT molecular complexity index is 1380. The average molecular weight is 586 g/mol. The fourth-order valence-electron chi connectivity index (χ4n) is 3.82. The van der Waals surface area contributed by atoms with Gasteiger partial charge in [0.2, 0.25) is 0 Å². The molecule has 19 heteroatoms. The molecule has 2 aromatic carbocycles. The molecule has 210 valence electrons. The van der Waals surface area contributed by atoms with Crippen molar-refractivity contribution in [3.63, 3.8) is 0 Å². The average Bonchev–Trinajstić information content (AvgIpc) is 2.81. The monoisotopic (exact) mass is 586 g/mol. The minimum atomic E-state index is -7.67. The van der Waals surface area contributed by atoms with Crippen molar-refractivity contribution in [2.75, 3.05) is 0 Å². The van der Waals surface area contributed by atoms with Gasteiger partial charge in [0.1, 0.15) is 17.4 Å². The first kappa shape index (κ1) is 29.3. The second-order valence-corrected chi connectivity index (χ2v) is 7.67. The number of hydrogen-bond acceptors (Lipinski definition) is 2. The van der Waals surface area contributed by atoms with Gasteiger partial charge in [-0.15, -0.1) is 0 Å². The zero-order valence-electron chi connectivity index (χ0n) is 16.9. The fourth-order valence-corrected chi connectivity index (χ4v) is 3.82. The third-order valence-corrected chi connectivity index (χ3v) is 5.70. The molecule has 0 spiro atoms. The van der Waals surface area contributed by atoms with E-state index in [1.165, 1.54) is 0 Å². The Morgan fingerprint density at radius 2 is 1.05 bits per heavy atom. The Hall–Kier alpha value is -3.28. The van der Waals surface area contributed by atoms with E-state index < -0.39 is 110 Å². The summed E-state index contributed by atoms with van der Waals surface area (Å²) in [6, 6.07) is -0.620.